The summed E-state index contributed by atoms with van der Waals surface area (Å²) in [7, 11) is 0. The van der Waals surface area contributed by atoms with Gasteiger partial charge in [-0.25, -0.2) is 0 Å². The molecule has 0 aliphatic rings. The van der Waals surface area contributed by atoms with Crippen molar-refractivity contribution >= 4 is 17.3 Å². The van der Waals surface area contributed by atoms with E-state index < -0.39 is 17.3 Å². The van der Waals surface area contributed by atoms with E-state index in [4.69, 9.17) is 5.26 Å². The summed E-state index contributed by atoms with van der Waals surface area (Å²) < 4.78 is 38.9. The molecule has 0 saturated carbocycles. The number of hydrogen-bond donors (Lipinski definition) is 2. The Bertz CT molecular complexity index is 821. The number of alkyl halides is 3. The molecule has 0 bridgehead atoms. The zero-order chi connectivity index (χ0) is 19.3. The van der Waals surface area contributed by atoms with Crippen molar-refractivity contribution < 1.29 is 18.0 Å². The van der Waals surface area contributed by atoms with Gasteiger partial charge in [0.25, 0.3) is 0 Å². The van der Waals surface area contributed by atoms with Gasteiger partial charge in [-0.3, -0.25) is 4.79 Å². The zero-order valence-corrected chi connectivity index (χ0v) is 14.3. The third kappa shape index (κ3) is 4.99. The van der Waals surface area contributed by atoms with Crippen LogP contribution in [0.15, 0.2) is 42.5 Å². The smallest absolute Gasteiger partial charge is 0.381 e. The Labute approximate surface area is 149 Å². The van der Waals surface area contributed by atoms with Crippen molar-refractivity contribution in [1.29, 1.82) is 5.26 Å². The molecule has 2 N–H and O–H groups in total. The van der Waals surface area contributed by atoms with Gasteiger partial charge >= 0.3 is 6.18 Å². The number of hydrogen-bond acceptors (Lipinski definition) is 3. The van der Waals surface area contributed by atoms with Crippen molar-refractivity contribution in [2.75, 3.05) is 10.6 Å². The summed E-state index contributed by atoms with van der Waals surface area (Å²) >= 11 is 0. The highest BCUT2D eigenvalue weighted by molar-refractivity contribution is 5.92. The normalized spacial score (nSPS) is 11.1. The molecule has 0 atom stereocenters. The van der Waals surface area contributed by atoms with Gasteiger partial charge in [0.15, 0.2) is 0 Å². The number of carbonyl (C=O) groups is 1. The lowest BCUT2D eigenvalue weighted by molar-refractivity contribution is -0.137. The number of nitriles is 1. The van der Waals surface area contributed by atoms with Crippen molar-refractivity contribution in [3.8, 4) is 6.07 Å². The van der Waals surface area contributed by atoms with Gasteiger partial charge in [-0.2, -0.15) is 18.4 Å². The van der Waals surface area contributed by atoms with E-state index in [9.17, 15) is 18.0 Å². The topological polar surface area (TPSA) is 64.9 Å². The molecule has 0 fully saturated rings. The molecule has 2 aromatic carbocycles. The van der Waals surface area contributed by atoms with Crippen molar-refractivity contribution in [3.63, 3.8) is 0 Å². The number of halogens is 3. The Kier molecular flexibility index (Phi) is 5.88. The van der Waals surface area contributed by atoms with Crippen LogP contribution >= 0.6 is 0 Å². The van der Waals surface area contributed by atoms with Crippen LogP contribution in [0.2, 0.25) is 0 Å². The molecule has 26 heavy (non-hydrogen) atoms. The van der Waals surface area contributed by atoms with Crippen LogP contribution in [0.4, 0.5) is 24.5 Å². The average molecular weight is 361 g/mol. The summed E-state index contributed by atoms with van der Waals surface area (Å²) in [4.78, 5) is 11.6. The highest BCUT2D eigenvalue weighted by atomic mass is 19.4. The van der Waals surface area contributed by atoms with Crippen LogP contribution in [-0.4, -0.2) is 5.91 Å². The maximum absolute atomic E-state index is 13.0. The fraction of sp³-hybridized carbons (Fsp3) is 0.263. The van der Waals surface area contributed by atoms with Gasteiger partial charge in [-0.05, 0) is 35.9 Å². The number of anilines is 2. The van der Waals surface area contributed by atoms with Gasteiger partial charge in [0.2, 0.25) is 5.91 Å². The fourth-order valence-electron chi connectivity index (χ4n) is 2.18. The highest BCUT2D eigenvalue weighted by Gasteiger charge is 2.33. The molecule has 4 nitrogen and oxygen atoms in total. The van der Waals surface area contributed by atoms with E-state index in [1.807, 2.05) is 0 Å². The summed E-state index contributed by atoms with van der Waals surface area (Å²) in [5, 5.41) is 14.5. The molecule has 0 aliphatic heterocycles. The van der Waals surface area contributed by atoms with E-state index in [2.05, 4.69) is 10.6 Å². The third-order valence-electron chi connectivity index (χ3n) is 3.69. The first-order valence-corrected chi connectivity index (χ1v) is 7.95. The lowest BCUT2D eigenvalue weighted by atomic mass is 10.1. The number of benzene rings is 2. The second kappa shape index (κ2) is 7.91. The Balaban J connectivity index is 2.05. The van der Waals surface area contributed by atoms with Crippen LogP contribution in [-0.2, 0) is 17.5 Å². The molecule has 136 valence electrons. The number of nitrogens with zero attached hydrogens (tertiary/aromatic N) is 1. The predicted octanol–water partition coefficient (Wildman–Crippen LogP) is 4.78. The highest BCUT2D eigenvalue weighted by Crippen LogP contribution is 2.33. The van der Waals surface area contributed by atoms with Gasteiger partial charge < -0.3 is 10.6 Å². The van der Waals surface area contributed by atoms with Crippen molar-refractivity contribution in [3.05, 3.63) is 59.2 Å². The number of amides is 1. The molecule has 7 heteroatoms. The maximum Gasteiger partial charge on any atom is 0.417 e. The molecule has 0 aromatic heterocycles. The van der Waals surface area contributed by atoms with E-state index in [1.165, 1.54) is 6.07 Å². The first-order chi connectivity index (χ1) is 12.2. The Morgan fingerprint density at radius 1 is 1.12 bits per heavy atom. The largest absolute Gasteiger partial charge is 0.417 e. The van der Waals surface area contributed by atoms with Gasteiger partial charge in [-0.15, -0.1) is 0 Å². The number of nitrogens with one attached hydrogen (secondary N) is 2. The summed E-state index contributed by atoms with van der Waals surface area (Å²) in [5.41, 5.74) is 0.397. The van der Waals surface area contributed by atoms with E-state index in [0.717, 1.165) is 17.7 Å². The van der Waals surface area contributed by atoms with Crippen molar-refractivity contribution in [2.24, 2.45) is 5.92 Å². The van der Waals surface area contributed by atoms with Crippen LogP contribution in [0.5, 0.6) is 0 Å². The quantitative estimate of drug-likeness (QED) is 0.805. The van der Waals surface area contributed by atoms with E-state index in [-0.39, 0.29) is 17.5 Å². The van der Waals surface area contributed by atoms with Crippen molar-refractivity contribution in [1.82, 2.24) is 0 Å². The second-order valence-corrected chi connectivity index (χ2v) is 6.06. The average Bonchev–Trinajstić information content (AvgIpc) is 2.60. The van der Waals surface area contributed by atoms with Crippen molar-refractivity contribution in [2.45, 2.75) is 26.6 Å². The van der Waals surface area contributed by atoms with E-state index in [1.54, 1.807) is 44.2 Å². The van der Waals surface area contributed by atoms with Crippen LogP contribution in [0.3, 0.4) is 0 Å². The molecule has 0 aliphatic carbocycles. The minimum absolute atomic E-state index is 0.0897. The SMILES string of the molecule is CC(C)C(=O)Nc1ccc(CNc2ccc(C#N)c(C(F)(F)F)c2)cc1. The summed E-state index contributed by atoms with van der Waals surface area (Å²) in [6, 6.07) is 12.1. The van der Waals surface area contributed by atoms with Crippen LogP contribution < -0.4 is 10.6 Å². The molecule has 1 amide bonds. The van der Waals surface area contributed by atoms with Crippen LogP contribution in [0.1, 0.15) is 30.5 Å². The Hall–Kier alpha value is -3.01. The monoisotopic (exact) mass is 361 g/mol. The van der Waals surface area contributed by atoms with E-state index >= 15 is 0 Å². The van der Waals surface area contributed by atoms with E-state index in [0.29, 0.717) is 12.2 Å². The van der Waals surface area contributed by atoms with Gasteiger partial charge in [0, 0.05) is 23.8 Å². The Morgan fingerprint density at radius 2 is 1.73 bits per heavy atom. The lowest BCUT2D eigenvalue weighted by Gasteiger charge is -2.13. The molecule has 0 unspecified atom stereocenters. The Morgan fingerprint density at radius 3 is 2.27 bits per heavy atom. The van der Waals surface area contributed by atoms with Gasteiger partial charge in [-0.1, -0.05) is 26.0 Å². The lowest BCUT2D eigenvalue weighted by Crippen LogP contribution is -2.17. The zero-order valence-electron chi connectivity index (χ0n) is 14.3. The standard InChI is InChI=1S/C19H18F3N3O/c1-12(2)18(26)25-15-6-3-13(4-7-15)11-24-16-8-5-14(10-23)17(9-16)19(20,21)22/h3-9,12,24H,11H2,1-2H3,(H,25,26). The third-order valence-corrected chi connectivity index (χ3v) is 3.69. The minimum Gasteiger partial charge on any atom is -0.381 e. The molecule has 0 radical (unpaired) electrons. The number of rotatable bonds is 5. The molecule has 0 saturated heterocycles. The van der Waals surface area contributed by atoms with Crippen LogP contribution in [0, 0.1) is 17.2 Å². The minimum atomic E-state index is -4.58. The fourth-order valence-corrected chi connectivity index (χ4v) is 2.18. The molecular weight excluding hydrogens is 343 g/mol. The predicted molar refractivity (Wildman–Crippen MR) is 93.4 cm³/mol. The molecule has 0 spiro atoms. The molecule has 0 heterocycles. The summed E-state index contributed by atoms with van der Waals surface area (Å²) in [5.74, 6) is -0.219. The number of carbonyl (C=O) groups excluding carboxylic acids is 1. The first-order valence-electron chi connectivity index (χ1n) is 7.95. The molecule has 2 rings (SSSR count). The first kappa shape index (κ1) is 19.3. The molecule has 2 aromatic rings. The summed E-state index contributed by atoms with van der Waals surface area (Å²) in [6.45, 7) is 3.89. The summed E-state index contributed by atoms with van der Waals surface area (Å²) in [6.07, 6.45) is -4.58. The van der Waals surface area contributed by atoms with Gasteiger partial charge in [0.05, 0.1) is 17.2 Å². The maximum atomic E-state index is 13.0. The molecular formula is C19H18F3N3O. The second-order valence-electron chi connectivity index (χ2n) is 6.06. The van der Waals surface area contributed by atoms with Crippen LogP contribution in [0.25, 0.3) is 0 Å². The van der Waals surface area contributed by atoms with Gasteiger partial charge in [0.1, 0.15) is 0 Å².